The molecule has 0 heterocycles. The van der Waals surface area contributed by atoms with Crippen LogP contribution in [0.2, 0.25) is 0 Å². The number of aliphatic hydroxyl groups is 1. The zero-order chi connectivity index (χ0) is 25.7. The van der Waals surface area contributed by atoms with Crippen molar-refractivity contribution < 1.29 is 34.5 Å². The molecule has 12 nitrogen and oxygen atoms in total. The molecule has 0 aliphatic heterocycles. The number of aromatic hydroxyl groups is 1. The number of hydrogen-bond donors (Lipinski definition) is 9. The number of unbranched alkanes of at least 4 members (excludes halogenated alkanes) is 1. The van der Waals surface area contributed by atoms with E-state index in [1.165, 1.54) is 12.1 Å². The maximum absolute atomic E-state index is 12.7. The van der Waals surface area contributed by atoms with Crippen LogP contribution in [0.5, 0.6) is 5.75 Å². The van der Waals surface area contributed by atoms with Gasteiger partial charge in [-0.1, -0.05) is 12.1 Å². The lowest BCUT2D eigenvalue weighted by Crippen LogP contribution is -2.58. The Kier molecular flexibility index (Phi) is 13.0. The molecule has 0 saturated carbocycles. The zero-order valence-corrected chi connectivity index (χ0v) is 19.5. The van der Waals surface area contributed by atoms with Crippen molar-refractivity contribution in [3.8, 4) is 5.75 Å². The van der Waals surface area contributed by atoms with Crippen LogP contribution in [0.15, 0.2) is 24.3 Å². The van der Waals surface area contributed by atoms with Crippen molar-refractivity contribution in [2.45, 2.75) is 49.9 Å². The summed E-state index contributed by atoms with van der Waals surface area (Å²) in [6.45, 7) is -0.389. The van der Waals surface area contributed by atoms with Gasteiger partial charge in [0.15, 0.2) is 0 Å². The number of nitrogens with two attached hydrogens (primary N) is 2. The lowest BCUT2D eigenvalue weighted by Gasteiger charge is -2.24. The van der Waals surface area contributed by atoms with E-state index in [9.17, 15) is 29.4 Å². The topological polar surface area (TPSA) is 217 Å². The van der Waals surface area contributed by atoms with Crippen molar-refractivity contribution in [3.05, 3.63) is 29.8 Å². The van der Waals surface area contributed by atoms with Gasteiger partial charge in [0.1, 0.15) is 23.9 Å². The molecule has 34 heavy (non-hydrogen) atoms. The maximum Gasteiger partial charge on any atom is 0.327 e. The van der Waals surface area contributed by atoms with E-state index in [4.69, 9.17) is 16.6 Å². The van der Waals surface area contributed by atoms with Crippen LogP contribution in [0.3, 0.4) is 0 Å². The Balaban J connectivity index is 2.79. The minimum Gasteiger partial charge on any atom is -0.508 e. The zero-order valence-electron chi connectivity index (χ0n) is 18.6. The molecule has 0 saturated heterocycles. The molecule has 0 radical (unpaired) electrons. The van der Waals surface area contributed by atoms with Crippen molar-refractivity contribution in [2.24, 2.45) is 11.5 Å². The highest BCUT2D eigenvalue weighted by molar-refractivity contribution is 7.80. The summed E-state index contributed by atoms with van der Waals surface area (Å²) in [5.74, 6) is -3.64. The number of carbonyl (C=O) groups excluding carboxylic acids is 3. The molecule has 13 heteroatoms. The molecule has 10 N–H and O–H groups in total. The van der Waals surface area contributed by atoms with Crippen LogP contribution in [0.1, 0.15) is 24.8 Å². The van der Waals surface area contributed by atoms with Gasteiger partial charge in [-0.25, -0.2) is 4.79 Å². The molecule has 0 aromatic heterocycles. The Morgan fingerprint density at radius 1 is 0.912 bits per heavy atom. The molecule has 0 spiro atoms. The first-order valence-corrected chi connectivity index (χ1v) is 11.3. The van der Waals surface area contributed by atoms with Crippen molar-refractivity contribution >= 4 is 36.3 Å². The van der Waals surface area contributed by atoms with Gasteiger partial charge in [0, 0.05) is 5.75 Å². The second-order valence-corrected chi connectivity index (χ2v) is 8.01. The van der Waals surface area contributed by atoms with E-state index < -0.39 is 54.5 Å². The van der Waals surface area contributed by atoms with Gasteiger partial charge in [0.05, 0.1) is 12.6 Å². The number of aliphatic hydroxyl groups excluding tert-OH is 1. The van der Waals surface area contributed by atoms with Crippen LogP contribution in [-0.4, -0.2) is 82.1 Å². The number of benzene rings is 1. The summed E-state index contributed by atoms with van der Waals surface area (Å²) in [5, 5.41) is 35.2. The van der Waals surface area contributed by atoms with Gasteiger partial charge in [0.25, 0.3) is 0 Å². The first kappa shape index (κ1) is 29.2. The number of hydrogen-bond acceptors (Lipinski definition) is 9. The van der Waals surface area contributed by atoms with Gasteiger partial charge in [-0.2, -0.15) is 12.6 Å². The molecular weight excluding hydrogens is 466 g/mol. The van der Waals surface area contributed by atoms with Crippen molar-refractivity contribution in [3.63, 3.8) is 0 Å². The number of carboxylic acids is 1. The third-order valence-corrected chi connectivity index (χ3v) is 5.29. The molecule has 0 fully saturated rings. The number of nitrogens with one attached hydrogen (secondary N) is 3. The molecule has 0 aliphatic carbocycles. The second kappa shape index (κ2) is 15.1. The van der Waals surface area contributed by atoms with Gasteiger partial charge < -0.3 is 42.7 Å². The summed E-state index contributed by atoms with van der Waals surface area (Å²) < 4.78 is 0. The quantitative estimate of drug-likeness (QED) is 0.0948. The molecule has 1 rings (SSSR count). The van der Waals surface area contributed by atoms with Crippen LogP contribution in [0, 0.1) is 0 Å². The molecule has 0 aliphatic rings. The summed E-state index contributed by atoms with van der Waals surface area (Å²) in [6.07, 6.45) is 1.33. The summed E-state index contributed by atoms with van der Waals surface area (Å²) in [7, 11) is 0. The second-order valence-electron chi connectivity index (χ2n) is 7.65. The van der Waals surface area contributed by atoms with Crippen LogP contribution < -0.4 is 27.4 Å². The van der Waals surface area contributed by atoms with Crippen LogP contribution in [-0.2, 0) is 25.6 Å². The lowest BCUT2D eigenvalue weighted by atomic mass is 10.1. The van der Waals surface area contributed by atoms with E-state index in [1.54, 1.807) is 12.1 Å². The monoisotopic (exact) mass is 499 g/mol. The van der Waals surface area contributed by atoms with Gasteiger partial charge in [0.2, 0.25) is 17.7 Å². The molecule has 1 aromatic carbocycles. The molecular formula is C21H33N5O7S. The highest BCUT2D eigenvalue weighted by Crippen LogP contribution is 2.11. The minimum absolute atomic E-state index is 0.0629. The standard InChI is InChI=1S/C21H33N5O7S/c22-8-2-1-3-15(19(30)26-17(11-34)21(32)33)24-20(31)16(10-27)25-18(29)14(23)9-12-4-6-13(28)7-5-12/h4-7,14-17,27-28,34H,1-3,8-11,22-23H2,(H,24,31)(H,25,29)(H,26,30)(H,32,33). The van der Waals surface area contributed by atoms with E-state index in [1.807, 2.05) is 0 Å². The van der Waals surface area contributed by atoms with Gasteiger partial charge in [-0.3, -0.25) is 14.4 Å². The first-order valence-electron chi connectivity index (χ1n) is 10.7. The number of amides is 3. The third kappa shape index (κ3) is 9.95. The smallest absolute Gasteiger partial charge is 0.327 e. The number of rotatable bonds is 15. The first-order chi connectivity index (χ1) is 16.1. The van der Waals surface area contributed by atoms with Crippen LogP contribution in [0.25, 0.3) is 0 Å². The predicted octanol–water partition coefficient (Wildman–Crippen LogP) is -2.15. The maximum atomic E-state index is 12.7. The third-order valence-electron chi connectivity index (χ3n) is 4.92. The largest absolute Gasteiger partial charge is 0.508 e. The summed E-state index contributed by atoms with van der Waals surface area (Å²) in [6, 6.07) is 1.29. The molecule has 1 aromatic rings. The average Bonchev–Trinajstić information content (AvgIpc) is 2.81. The summed E-state index contributed by atoms with van der Waals surface area (Å²) in [5.41, 5.74) is 12.0. The SMILES string of the molecule is NCCCCC(NC(=O)C(CO)NC(=O)C(N)Cc1ccc(O)cc1)C(=O)NC(CS)C(=O)O. The predicted molar refractivity (Wildman–Crippen MR) is 127 cm³/mol. The van der Waals surface area contributed by atoms with Crippen molar-refractivity contribution in [1.82, 2.24) is 16.0 Å². The Hall–Kier alpha value is -2.87. The fourth-order valence-electron chi connectivity index (χ4n) is 2.94. The molecule has 4 unspecified atom stereocenters. The van der Waals surface area contributed by atoms with Crippen molar-refractivity contribution in [1.29, 1.82) is 0 Å². The fraction of sp³-hybridized carbons (Fsp3) is 0.524. The lowest BCUT2D eigenvalue weighted by molar-refractivity contribution is -0.141. The number of aliphatic carboxylic acids is 1. The Morgan fingerprint density at radius 3 is 2.00 bits per heavy atom. The Bertz CT molecular complexity index is 824. The van der Waals surface area contributed by atoms with Gasteiger partial charge in [-0.05, 0) is 49.9 Å². The number of carboxylic acid groups (broad SMARTS) is 1. The minimum atomic E-state index is -1.39. The summed E-state index contributed by atoms with van der Waals surface area (Å²) >= 11 is 3.89. The molecule has 4 atom stereocenters. The van der Waals surface area contributed by atoms with E-state index in [0.29, 0.717) is 24.9 Å². The number of carbonyl (C=O) groups is 4. The average molecular weight is 500 g/mol. The fourth-order valence-corrected chi connectivity index (χ4v) is 3.19. The van der Waals surface area contributed by atoms with E-state index >= 15 is 0 Å². The molecule has 3 amide bonds. The summed E-state index contributed by atoms with van der Waals surface area (Å²) in [4.78, 5) is 48.9. The van der Waals surface area contributed by atoms with Crippen LogP contribution in [0.4, 0.5) is 0 Å². The van der Waals surface area contributed by atoms with Crippen molar-refractivity contribution in [2.75, 3.05) is 18.9 Å². The highest BCUT2D eigenvalue weighted by Gasteiger charge is 2.29. The Morgan fingerprint density at radius 2 is 1.47 bits per heavy atom. The van der Waals surface area contributed by atoms with Gasteiger partial charge in [-0.15, -0.1) is 0 Å². The Labute approximate surface area is 202 Å². The number of phenols is 1. The highest BCUT2D eigenvalue weighted by atomic mass is 32.1. The van der Waals surface area contributed by atoms with E-state index in [-0.39, 0.29) is 24.3 Å². The molecule has 190 valence electrons. The number of phenolic OH excluding ortho intramolecular Hbond substituents is 1. The van der Waals surface area contributed by atoms with E-state index in [2.05, 4.69) is 28.6 Å². The number of thiol groups is 1. The van der Waals surface area contributed by atoms with Crippen LogP contribution >= 0.6 is 12.6 Å². The molecule has 0 bridgehead atoms. The normalized spacial score (nSPS) is 14.4. The van der Waals surface area contributed by atoms with E-state index in [0.717, 1.165) is 0 Å². The van der Waals surface area contributed by atoms with Gasteiger partial charge >= 0.3 is 5.97 Å².